The number of rotatable bonds is 5. The minimum absolute atomic E-state index is 0.0178. The van der Waals surface area contributed by atoms with E-state index >= 15 is 0 Å². The normalized spacial score (nSPS) is 12.5. The molecule has 2 rings (SSSR count). The van der Waals surface area contributed by atoms with Gasteiger partial charge in [-0.25, -0.2) is 15.8 Å². The maximum Gasteiger partial charge on any atom is 0.148 e. The van der Waals surface area contributed by atoms with Gasteiger partial charge in [-0.1, -0.05) is 13.8 Å². The first kappa shape index (κ1) is 14.3. The molecule has 0 aliphatic carbocycles. The molecule has 0 saturated carbocycles. The largest absolute Gasteiger partial charge is 0.467 e. The van der Waals surface area contributed by atoms with Gasteiger partial charge >= 0.3 is 0 Å². The molecule has 0 saturated heterocycles. The van der Waals surface area contributed by atoms with Crippen molar-refractivity contribution in [1.29, 1.82) is 0 Å². The highest BCUT2D eigenvalue weighted by molar-refractivity contribution is 5.57. The Morgan fingerprint density at radius 3 is 2.45 bits per heavy atom. The second-order valence-corrected chi connectivity index (χ2v) is 5.08. The molecule has 6 nitrogen and oxygen atoms in total. The molecule has 0 aromatic carbocycles. The molecule has 108 valence electrons. The number of nitrogens with two attached hydrogens (primary N) is 1. The molecule has 0 bridgehead atoms. The van der Waals surface area contributed by atoms with Gasteiger partial charge in [-0.3, -0.25) is 0 Å². The molecular formula is C14H21N5O. The average Bonchev–Trinajstić information content (AvgIpc) is 2.94. The smallest absolute Gasteiger partial charge is 0.148 e. The van der Waals surface area contributed by atoms with Crippen molar-refractivity contribution in [3.05, 3.63) is 35.5 Å². The van der Waals surface area contributed by atoms with Gasteiger partial charge in [-0.15, -0.1) is 0 Å². The maximum atomic E-state index is 5.53. The van der Waals surface area contributed by atoms with Gasteiger partial charge in [-0.2, -0.15) is 0 Å². The number of anilines is 2. The minimum Gasteiger partial charge on any atom is -0.467 e. The summed E-state index contributed by atoms with van der Waals surface area (Å²) in [5, 5.41) is 3.34. The summed E-state index contributed by atoms with van der Waals surface area (Å²) in [7, 11) is 0. The van der Waals surface area contributed by atoms with Gasteiger partial charge in [0.15, 0.2) is 0 Å². The summed E-state index contributed by atoms with van der Waals surface area (Å²) in [4.78, 5) is 8.98. The van der Waals surface area contributed by atoms with E-state index in [1.165, 1.54) is 0 Å². The lowest BCUT2D eigenvalue weighted by Gasteiger charge is -2.18. The fourth-order valence-corrected chi connectivity index (χ4v) is 1.89. The number of furan rings is 1. The second kappa shape index (κ2) is 5.92. The highest BCUT2D eigenvalue weighted by atomic mass is 16.3. The quantitative estimate of drug-likeness (QED) is 0.574. The van der Waals surface area contributed by atoms with E-state index in [2.05, 4.69) is 20.7 Å². The van der Waals surface area contributed by atoms with Crippen LogP contribution in [0.3, 0.4) is 0 Å². The Labute approximate surface area is 118 Å². The number of nitrogen functional groups attached to an aromatic ring is 1. The summed E-state index contributed by atoms with van der Waals surface area (Å²) in [5.74, 6) is 8.76. The first-order chi connectivity index (χ1) is 9.52. The van der Waals surface area contributed by atoms with Crippen molar-refractivity contribution in [2.45, 2.75) is 39.7 Å². The standard InChI is InChI=1S/C14H21N5O/c1-8(2)12-17-13(9(3)14(18-12)19-15)16-10(4)11-6-5-7-20-11/h5-8,10H,15H2,1-4H3,(H2,16,17,18,19). The Morgan fingerprint density at radius 2 is 1.90 bits per heavy atom. The molecule has 6 heteroatoms. The van der Waals surface area contributed by atoms with Crippen molar-refractivity contribution in [3.8, 4) is 0 Å². The van der Waals surface area contributed by atoms with E-state index in [1.807, 2.05) is 39.8 Å². The minimum atomic E-state index is 0.0178. The molecule has 0 fully saturated rings. The molecule has 20 heavy (non-hydrogen) atoms. The van der Waals surface area contributed by atoms with E-state index in [9.17, 15) is 0 Å². The average molecular weight is 275 g/mol. The molecule has 2 aromatic heterocycles. The zero-order chi connectivity index (χ0) is 14.7. The summed E-state index contributed by atoms with van der Waals surface area (Å²) in [6.07, 6.45) is 1.66. The van der Waals surface area contributed by atoms with Gasteiger partial charge in [0.1, 0.15) is 23.2 Å². The lowest BCUT2D eigenvalue weighted by molar-refractivity contribution is 0.490. The van der Waals surface area contributed by atoms with Crippen molar-refractivity contribution in [2.75, 3.05) is 10.7 Å². The Kier molecular flexibility index (Phi) is 4.24. The zero-order valence-corrected chi connectivity index (χ0v) is 12.3. The third-order valence-corrected chi connectivity index (χ3v) is 3.14. The Balaban J connectivity index is 2.32. The van der Waals surface area contributed by atoms with Crippen LogP contribution in [-0.4, -0.2) is 9.97 Å². The van der Waals surface area contributed by atoms with Crippen molar-refractivity contribution < 1.29 is 4.42 Å². The van der Waals surface area contributed by atoms with E-state index in [-0.39, 0.29) is 12.0 Å². The van der Waals surface area contributed by atoms with Crippen LogP contribution in [0.4, 0.5) is 11.6 Å². The Hall–Kier alpha value is -2.08. The predicted molar refractivity (Wildman–Crippen MR) is 79.4 cm³/mol. The van der Waals surface area contributed by atoms with Crippen LogP contribution in [0, 0.1) is 6.92 Å². The van der Waals surface area contributed by atoms with Crippen LogP contribution >= 0.6 is 0 Å². The number of hydrogen-bond acceptors (Lipinski definition) is 6. The fraction of sp³-hybridized carbons (Fsp3) is 0.429. The lowest BCUT2D eigenvalue weighted by Crippen LogP contribution is -2.16. The molecule has 4 N–H and O–H groups in total. The van der Waals surface area contributed by atoms with Crippen LogP contribution < -0.4 is 16.6 Å². The van der Waals surface area contributed by atoms with Gasteiger partial charge in [0.2, 0.25) is 0 Å². The van der Waals surface area contributed by atoms with Crippen molar-refractivity contribution in [1.82, 2.24) is 9.97 Å². The summed E-state index contributed by atoms with van der Waals surface area (Å²) >= 11 is 0. The van der Waals surface area contributed by atoms with Crippen molar-refractivity contribution in [2.24, 2.45) is 5.84 Å². The molecule has 0 aliphatic heterocycles. The highest BCUT2D eigenvalue weighted by Crippen LogP contribution is 2.26. The summed E-state index contributed by atoms with van der Waals surface area (Å²) in [6, 6.07) is 3.82. The Morgan fingerprint density at radius 1 is 1.20 bits per heavy atom. The van der Waals surface area contributed by atoms with E-state index in [0.717, 1.165) is 23.0 Å². The summed E-state index contributed by atoms with van der Waals surface area (Å²) in [5.41, 5.74) is 3.51. The number of hydrazine groups is 1. The van der Waals surface area contributed by atoms with Crippen LogP contribution in [0.5, 0.6) is 0 Å². The fourth-order valence-electron chi connectivity index (χ4n) is 1.89. The topological polar surface area (TPSA) is 89.0 Å². The van der Waals surface area contributed by atoms with Gasteiger partial charge in [0.25, 0.3) is 0 Å². The van der Waals surface area contributed by atoms with Crippen LogP contribution in [-0.2, 0) is 0 Å². The van der Waals surface area contributed by atoms with Gasteiger partial charge < -0.3 is 15.2 Å². The number of nitrogens with zero attached hydrogens (tertiary/aromatic N) is 2. The van der Waals surface area contributed by atoms with Crippen LogP contribution in [0.1, 0.15) is 49.9 Å². The maximum absolute atomic E-state index is 5.53. The van der Waals surface area contributed by atoms with Crippen LogP contribution in [0.15, 0.2) is 22.8 Å². The lowest BCUT2D eigenvalue weighted by atomic mass is 10.2. The summed E-state index contributed by atoms with van der Waals surface area (Å²) < 4.78 is 5.40. The van der Waals surface area contributed by atoms with E-state index < -0.39 is 0 Å². The van der Waals surface area contributed by atoms with Crippen LogP contribution in [0.25, 0.3) is 0 Å². The first-order valence-electron chi connectivity index (χ1n) is 6.68. The van der Waals surface area contributed by atoms with E-state index in [1.54, 1.807) is 6.26 Å². The monoisotopic (exact) mass is 275 g/mol. The molecule has 1 atom stereocenters. The molecule has 0 radical (unpaired) electrons. The molecular weight excluding hydrogens is 254 g/mol. The van der Waals surface area contributed by atoms with Crippen molar-refractivity contribution in [3.63, 3.8) is 0 Å². The van der Waals surface area contributed by atoms with Gasteiger partial charge in [0.05, 0.1) is 12.3 Å². The molecule has 1 unspecified atom stereocenters. The van der Waals surface area contributed by atoms with E-state index in [0.29, 0.717) is 5.82 Å². The number of nitrogens with one attached hydrogen (secondary N) is 2. The molecule has 0 spiro atoms. The van der Waals surface area contributed by atoms with Gasteiger partial charge in [0, 0.05) is 11.5 Å². The van der Waals surface area contributed by atoms with Crippen molar-refractivity contribution >= 4 is 11.6 Å². The molecule has 2 heterocycles. The number of aromatic nitrogens is 2. The Bertz CT molecular complexity index is 565. The zero-order valence-electron chi connectivity index (χ0n) is 12.3. The molecule has 2 aromatic rings. The SMILES string of the molecule is Cc1c(NN)nc(C(C)C)nc1NC(C)c1ccco1. The van der Waals surface area contributed by atoms with Crippen LogP contribution in [0.2, 0.25) is 0 Å². The van der Waals surface area contributed by atoms with E-state index in [4.69, 9.17) is 10.3 Å². The molecule has 0 amide bonds. The molecule has 0 aliphatic rings. The second-order valence-electron chi connectivity index (χ2n) is 5.08. The first-order valence-corrected chi connectivity index (χ1v) is 6.68. The predicted octanol–water partition coefficient (Wildman–Crippen LogP) is 2.96. The van der Waals surface area contributed by atoms with Gasteiger partial charge in [-0.05, 0) is 26.0 Å². The highest BCUT2D eigenvalue weighted by Gasteiger charge is 2.15. The third-order valence-electron chi connectivity index (χ3n) is 3.14. The third kappa shape index (κ3) is 2.91. The summed E-state index contributed by atoms with van der Waals surface area (Å²) in [6.45, 7) is 8.04. The number of hydrogen-bond donors (Lipinski definition) is 3.